The third-order valence-electron chi connectivity index (χ3n) is 13.9. The minimum Gasteiger partial charge on any atom is -0.490 e. The van der Waals surface area contributed by atoms with E-state index in [1.807, 2.05) is 97.1 Å². The van der Waals surface area contributed by atoms with E-state index in [1.165, 1.54) is 38.2 Å². The number of rotatable bonds is 25. The topological polar surface area (TPSA) is 176 Å². The van der Waals surface area contributed by atoms with Crippen LogP contribution in [0.2, 0.25) is 0 Å². The highest BCUT2D eigenvalue weighted by molar-refractivity contribution is 5.83. The van der Waals surface area contributed by atoms with Crippen molar-refractivity contribution >= 4 is 35.8 Å². The molecular weight excluding hydrogens is 1000 g/mol. The molecule has 0 heterocycles. The quantitative estimate of drug-likeness (QED) is 0.0265. The van der Waals surface area contributed by atoms with Gasteiger partial charge in [-0.25, -0.2) is 28.8 Å². The van der Waals surface area contributed by atoms with Gasteiger partial charge in [-0.2, -0.15) is 0 Å². The van der Waals surface area contributed by atoms with Gasteiger partial charge in [0.1, 0.15) is 51.1 Å². The van der Waals surface area contributed by atoms with Gasteiger partial charge in [0.25, 0.3) is 0 Å². The van der Waals surface area contributed by atoms with Crippen molar-refractivity contribution in [3.05, 3.63) is 206 Å². The second-order valence-corrected chi connectivity index (χ2v) is 19.3. The summed E-state index contributed by atoms with van der Waals surface area (Å²) in [7, 11) is 0. The van der Waals surface area contributed by atoms with E-state index in [0.717, 1.165) is 93.9 Å². The number of carbonyl (C=O) groups excluding carboxylic acids is 6. The van der Waals surface area contributed by atoms with E-state index >= 15 is 0 Å². The van der Waals surface area contributed by atoms with E-state index in [0.29, 0.717) is 30.6 Å². The molecule has 3 aliphatic rings. The third kappa shape index (κ3) is 21.6. The molecule has 0 spiro atoms. The predicted octanol–water partition coefficient (Wildman–Crippen LogP) is 11.5. The van der Waals surface area contributed by atoms with Gasteiger partial charge in [0, 0.05) is 41.9 Å². The second-order valence-electron chi connectivity index (χ2n) is 19.3. The fraction of sp³-hybridized carbons (Fsp3) is 0.354. The van der Waals surface area contributed by atoms with Crippen LogP contribution in [0.5, 0.6) is 11.5 Å². The van der Waals surface area contributed by atoms with Gasteiger partial charge in [0.15, 0.2) is 0 Å². The van der Waals surface area contributed by atoms with E-state index in [1.54, 1.807) is 6.92 Å². The molecule has 0 aromatic heterocycles. The van der Waals surface area contributed by atoms with Gasteiger partial charge in [-0.3, -0.25) is 0 Å². The third-order valence-corrected chi connectivity index (χ3v) is 13.9. The van der Waals surface area contributed by atoms with E-state index in [2.05, 4.69) is 58.1 Å². The van der Waals surface area contributed by atoms with Crippen LogP contribution in [0.1, 0.15) is 86.3 Å². The van der Waals surface area contributed by atoms with Crippen LogP contribution in [-0.4, -0.2) is 75.5 Å². The molecule has 0 saturated heterocycles. The summed E-state index contributed by atoms with van der Waals surface area (Å²) >= 11 is 0. The standard InChI is InChI=1S/C25H28O6.C21H20O4.C14H20O2.C5H8O2/c1-5-23(26)30-17-15-28-21-11-7-19(8-12-21)25(3,4)20-9-13-22(14-10-20)29-16-18-31-24(27)6-2;1-3-20(22)24-14-18-9-5-16(6-10-18)13-17-7-11-19(12-8-17)15-25-21(23)4-2;1-2-14(15)16-8-10-6-9-7-13(10)12-5-3-4-11(9)12;1-3-5(6)7-4-2/h5-14H,1-2,15-18H2,3-4H3;3-12H,1-2,13-15H2;2,9-13H,1,3-8H2;3H,1,4H2,2H3. The molecule has 4 aromatic carbocycles. The maximum Gasteiger partial charge on any atom is 0.330 e. The molecule has 4 aromatic rings. The van der Waals surface area contributed by atoms with Gasteiger partial charge in [-0.1, -0.05) is 133 Å². The van der Waals surface area contributed by atoms with Gasteiger partial charge in [0.05, 0.1) is 13.2 Å². The summed E-state index contributed by atoms with van der Waals surface area (Å²) in [4.78, 5) is 65.3. The Morgan fingerprint density at radius 2 is 0.835 bits per heavy atom. The van der Waals surface area contributed by atoms with Crippen LogP contribution in [0.15, 0.2) is 173 Å². The minimum absolute atomic E-state index is 0.170. The summed E-state index contributed by atoms with van der Waals surface area (Å²) in [6.45, 7) is 28.5. The number of fused-ring (bicyclic) bond motifs is 5. The lowest BCUT2D eigenvalue weighted by Crippen LogP contribution is -2.28. The molecule has 5 unspecified atom stereocenters. The Labute approximate surface area is 465 Å². The van der Waals surface area contributed by atoms with Crippen LogP contribution in [0, 0.1) is 29.6 Å². The Bertz CT molecular complexity index is 2510. The van der Waals surface area contributed by atoms with E-state index in [9.17, 15) is 28.8 Å². The lowest BCUT2D eigenvalue weighted by atomic mass is 9.76. The van der Waals surface area contributed by atoms with Crippen molar-refractivity contribution in [3.63, 3.8) is 0 Å². The molecule has 0 radical (unpaired) electrons. The highest BCUT2D eigenvalue weighted by Gasteiger charge is 2.53. The van der Waals surface area contributed by atoms with E-state index in [-0.39, 0.29) is 57.0 Å². The van der Waals surface area contributed by atoms with Crippen molar-refractivity contribution in [1.29, 1.82) is 0 Å². The zero-order valence-electron chi connectivity index (χ0n) is 45.9. The van der Waals surface area contributed by atoms with E-state index in [4.69, 9.17) is 33.2 Å². The fourth-order valence-electron chi connectivity index (χ4n) is 9.84. The monoisotopic (exact) mass is 1080 g/mol. The number of esters is 6. The van der Waals surface area contributed by atoms with E-state index < -0.39 is 23.9 Å². The Balaban J connectivity index is 0.000000249. The molecule has 0 aliphatic heterocycles. The van der Waals surface area contributed by atoms with Crippen molar-refractivity contribution in [1.82, 2.24) is 0 Å². The highest BCUT2D eigenvalue weighted by Crippen LogP contribution is 2.61. The Kier molecular flexibility index (Phi) is 27.1. The number of benzene rings is 4. The van der Waals surface area contributed by atoms with Crippen molar-refractivity contribution in [2.24, 2.45) is 29.6 Å². The van der Waals surface area contributed by atoms with Crippen molar-refractivity contribution in [2.45, 2.75) is 77.9 Å². The first-order chi connectivity index (χ1) is 38.1. The lowest BCUT2D eigenvalue weighted by Gasteiger charge is -2.31. The Morgan fingerprint density at radius 1 is 0.456 bits per heavy atom. The molecule has 7 rings (SSSR count). The molecule has 3 saturated carbocycles. The van der Waals surface area contributed by atoms with Crippen molar-refractivity contribution in [3.8, 4) is 11.5 Å². The molecule has 0 amide bonds. The molecular formula is C65H76O14. The van der Waals surface area contributed by atoms with Gasteiger partial charge in [-0.15, -0.1) is 0 Å². The zero-order valence-corrected chi connectivity index (χ0v) is 45.9. The maximum atomic E-state index is 11.1. The largest absolute Gasteiger partial charge is 0.490 e. The second kappa shape index (κ2) is 33.8. The van der Waals surface area contributed by atoms with Crippen LogP contribution < -0.4 is 9.47 Å². The summed E-state index contributed by atoms with van der Waals surface area (Å²) < 4.78 is 40.6. The first-order valence-corrected chi connectivity index (χ1v) is 26.4. The summed E-state index contributed by atoms with van der Waals surface area (Å²) in [5.74, 6) is 3.45. The number of hydrogen-bond acceptors (Lipinski definition) is 14. The Hall–Kier alpha value is -8.26. The normalized spacial score (nSPS) is 17.0. The van der Waals surface area contributed by atoms with Crippen molar-refractivity contribution < 1.29 is 66.7 Å². The minimum atomic E-state index is -0.465. The molecule has 0 N–H and O–H groups in total. The van der Waals surface area contributed by atoms with Crippen LogP contribution in [0.25, 0.3) is 0 Å². The molecule has 14 heteroatoms. The van der Waals surface area contributed by atoms with Crippen LogP contribution in [0.4, 0.5) is 0 Å². The first kappa shape index (κ1) is 63.3. The average Bonchev–Trinajstić information content (AvgIpc) is 4.45. The summed E-state index contributed by atoms with van der Waals surface area (Å²) in [5, 5.41) is 0. The Morgan fingerprint density at radius 3 is 1.24 bits per heavy atom. The van der Waals surface area contributed by atoms with Crippen LogP contribution in [-0.2, 0) is 82.2 Å². The molecule has 2 bridgehead atoms. The molecule has 420 valence electrons. The summed E-state index contributed by atoms with van der Waals surface area (Å²) in [6.07, 6.45) is 14.8. The SMILES string of the molecule is C=CC(=O)OCC.C=CC(=O)OCC1CC2CC1C1CCCC21.C=CC(=O)OCCOc1ccc(C(C)(C)c2ccc(OCCOC(=O)C=C)cc2)cc1.C=CC(=O)OCc1ccc(Cc2ccc(COC(=O)C=C)cc2)cc1. The van der Waals surface area contributed by atoms with Gasteiger partial charge >= 0.3 is 35.8 Å². The number of carbonyl (C=O) groups is 6. The molecule has 3 fully saturated rings. The molecule has 14 nitrogen and oxygen atoms in total. The predicted molar refractivity (Wildman–Crippen MR) is 303 cm³/mol. The molecule has 3 aliphatic carbocycles. The molecule has 5 atom stereocenters. The number of ether oxygens (including phenoxy) is 8. The first-order valence-electron chi connectivity index (χ1n) is 26.4. The van der Waals surface area contributed by atoms with Gasteiger partial charge in [-0.05, 0) is 126 Å². The molecule has 79 heavy (non-hydrogen) atoms. The zero-order chi connectivity index (χ0) is 57.6. The average molecular weight is 1080 g/mol. The van der Waals surface area contributed by atoms with Gasteiger partial charge in [0.2, 0.25) is 0 Å². The van der Waals surface area contributed by atoms with Crippen LogP contribution in [0.3, 0.4) is 0 Å². The number of hydrogen-bond donors (Lipinski definition) is 0. The maximum absolute atomic E-state index is 11.1. The van der Waals surface area contributed by atoms with Gasteiger partial charge < -0.3 is 37.9 Å². The summed E-state index contributed by atoms with van der Waals surface area (Å²) in [5.41, 5.74) is 6.20. The fourth-order valence-corrected chi connectivity index (χ4v) is 9.84. The van der Waals surface area contributed by atoms with Crippen LogP contribution >= 0.6 is 0 Å². The summed E-state index contributed by atoms with van der Waals surface area (Å²) in [6, 6.07) is 31.5. The lowest BCUT2D eigenvalue weighted by molar-refractivity contribution is -0.140. The smallest absolute Gasteiger partial charge is 0.330 e. The van der Waals surface area contributed by atoms with Crippen molar-refractivity contribution in [2.75, 3.05) is 39.6 Å². The highest BCUT2D eigenvalue weighted by atomic mass is 16.6.